The van der Waals surface area contributed by atoms with Crippen molar-refractivity contribution in [2.75, 3.05) is 5.73 Å². The van der Waals surface area contributed by atoms with Crippen molar-refractivity contribution in [3.63, 3.8) is 0 Å². The number of nitrogen functional groups attached to an aromatic ring is 1. The van der Waals surface area contributed by atoms with Gasteiger partial charge < -0.3 is 5.73 Å². The molecule has 0 spiro atoms. The molecule has 0 bridgehead atoms. The first-order valence-electron chi connectivity index (χ1n) is 3.32. The number of rotatable bonds is 0. The molecule has 12 heavy (non-hydrogen) atoms. The highest BCUT2D eigenvalue weighted by Gasteiger charge is 2.08. The van der Waals surface area contributed by atoms with Crippen LogP contribution in [0.15, 0.2) is 18.5 Å². The Morgan fingerprint density at radius 1 is 1.58 bits per heavy atom. The normalized spacial score (nSPS) is 9.92. The average Bonchev–Trinajstić information content (AvgIpc) is 2.40. The SMILES string of the molecule is N#Cc1c(N)nn2cccnc12. The fraction of sp³-hybridized carbons (Fsp3) is 0. The van der Waals surface area contributed by atoms with Gasteiger partial charge in [0.15, 0.2) is 11.5 Å². The largest absolute Gasteiger partial charge is 0.381 e. The van der Waals surface area contributed by atoms with Crippen LogP contribution in [-0.2, 0) is 0 Å². The van der Waals surface area contributed by atoms with Crippen LogP contribution in [0.4, 0.5) is 5.82 Å². The first kappa shape index (κ1) is 6.61. The van der Waals surface area contributed by atoms with E-state index in [4.69, 9.17) is 11.0 Å². The highest BCUT2D eigenvalue weighted by atomic mass is 15.3. The van der Waals surface area contributed by atoms with E-state index >= 15 is 0 Å². The molecule has 0 aromatic carbocycles. The number of nitrogens with zero attached hydrogens (tertiary/aromatic N) is 4. The summed E-state index contributed by atoms with van der Waals surface area (Å²) in [5.74, 6) is 0.219. The molecule has 0 radical (unpaired) electrons. The van der Waals surface area contributed by atoms with Gasteiger partial charge in [-0.3, -0.25) is 0 Å². The van der Waals surface area contributed by atoms with Gasteiger partial charge in [-0.25, -0.2) is 9.50 Å². The molecule has 2 N–H and O–H groups in total. The Kier molecular flexibility index (Phi) is 1.21. The van der Waals surface area contributed by atoms with Crippen LogP contribution in [0.3, 0.4) is 0 Å². The molecule has 0 aliphatic carbocycles. The van der Waals surface area contributed by atoms with Crippen molar-refractivity contribution < 1.29 is 0 Å². The minimum atomic E-state index is 0.219. The predicted octanol–water partition coefficient (Wildman–Crippen LogP) is 0.183. The third-order valence-electron chi connectivity index (χ3n) is 1.53. The van der Waals surface area contributed by atoms with Crippen LogP contribution in [-0.4, -0.2) is 14.6 Å². The molecule has 0 fully saturated rings. The highest BCUT2D eigenvalue weighted by molar-refractivity contribution is 5.65. The molecule has 2 heterocycles. The summed E-state index contributed by atoms with van der Waals surface area (Å²) >= 11 is 0. The summed E-state index contributed by atoms with van der Waals surface area (Å²) in [6.45, 7) is 0. The van der Waals surface area contributed by atoms with Gasteiger partial charge in [0.05, 0.1) is 0 Å². The minimum Gasteiger partial charge on any atom is -0.381 e. The Morgan fingerprint density at radius 2 is 2.42 bits per heavy atom. The second-order valence-corrected chi connectivity index (χ2v) is 2.26. The Hall–Kier alpha value is -2.09. The van der Waals surface area contributed by atoms with Crippen molar-refractivity contribution in [3.8, 4) is 6.07 Å². The van der Waals surface area contributed by atoms with Crippen LogP contribution in [0.2, 0.25) is 0 Å². The number of nitrogens with two attached hydrogens (primary N) is 1. The lowest BCUT2D eigenvalue weighted by molar-refractivity contribution is 0.945. The van der Waals surface area contributed by atoms with E-state index in [0.29, 0.717) is 11.2 Å². The topological polar surface area (TPSA) is 80.0 Å². The van der Waals surface area contributed by atoms with Crippen molar-refractivity contribution >= 4 is 11.5 Å². The van der Waals surface area contributed by atoms with Gasteiger partial charge in [0, 0.05) is 12.4 Å². The molecule has 5 nitrogen and oxygen atoms in total. The molecule has 0 saturated carbocycles. The number of hydrogen-bond donors (Lipinski definition) is 1. The Labute approximate surface area is 68.1 Å². The average molecular weight is 159 g/mol. The summed E-state index contributed by atoms with van der Waals surface area (Å²) in [5, 5.41) is 12.6. The van der Waals surface area contributed by atoms with E-state index in [0.717, 1.165) is 0 Å². The van der Waals surface area contributed by atoms with Crippen molar-refractivity contribution in [1.29, 1.82) is 5.26 Å². The van der Waals surface area contributed by atoms with Crippen LogP contribution in [0.1, 0.15) is 5.56 Å². The fourth-order valence-corrected chi connectivity index (χ4v) is 1.01. The van der Waals surface area contributed by atoms with E-state index in [2.05, 4.69) is 10.1 Å². The smallest absolute Gasteiger partial charge is 0.175 e. The van der Waals surface area contributed by atoms with E-state index in [1.807, 2.05) is 6.07 Å². The molecule has 0 atom stereocenters. The fourth-order valence-electron chi connectivity index (χ4n) is 1.01. The molecule has 0 aliphatic heterocycles. The molecule has 5 heteroatoms. The first-order valence-corrected chi connectivity index (χ1v) is 3.32. The number of fused-ring (bicyclic) bond motifs is 1. The van der Waals surface area contributed by atoms with Gasteiger partial charge in [-0.05, 0) is 6.07 Å². The minimum absolute atomic E-state index is 0.219. The van der Waals surface area contributed by atoms with Gasteiger partial charge in [-0.15, -0.1) is 5.10 Å². The van der Waals surface area contributed by atoms with E-state index in [9.17, 15) is 0 Å². The van der Waals surface area contributed by atoms with Crippen LogP contribution < -0.4 is 5.73 Å². The predicted molar refractivity (Wildman–Crippen MR) is 42.1 cm³/mol. The molecule has 2 aromatic heterocycles. The Bertz CT molecular complexity index is 464. The molecule has 2 aromatic rings. The molecule has 2 rings (SSSR count). The van der Waals surface area contributed by atoms with Crippen molar-refractivity contribution in [2.45, 2.75) is 0 Å². The molecule has 58 valence electrons. The third-order valence-corrected chi connectivity index (χ3v) is 1.53. The van der Waals surface area contributed by atoms with Gasteiger partial charge in [0.25, 0.3) is 0 Å². The second kappa shape index (κ2) is 2.20. The number of aromatic nitrogens is 3. The lowest BCUT2D eigenvalue weighted by Crippen LogP contribution is -1.88. The zero-order chi connectivity index (χ0) is 8.55. The standard InChI is InChI=1S/C7H5N5/c8-4-5-6(9)11-12-3-1-2-10-7(5)12/h1-3H,(H2,9,11). The molecule has 0 aliphatic rings. The monoisotopic (exact) mass is 159 g/mol. The maximum absolute atomic E-state index is 8.68. The van der Waals surface area contributed by atoms with Crippen LogP contribution in [0.5, 0.6) is 0 Å². The quantitative estimate of drug-likeness (QED) is 0.594. The van der Waals surface area contributed by atoms with Crippen LogP contribution in [0.25, 0.3) is 5.65 Å². The Morgan fingerprint density at radius 3 is 3.17 bits per heavy atom. The van der Waals surface area contributed by atoms with Crippen molar-refractivity contribution in [3.05, 3.63) is 24.0 Å². The molecule has 0 amide bonds. The van der Waals surface area contributed by atoms with E-state index in [1.54, 1.807) is 18.5 Å². The summed E-state index contributed by atoms with van der Waals surface area (Å²) in [5.41, 5.74) is 6.30. The maximum Gasteiger partial charge on any atom is 0.175 e. The molecular formula is C7H5N5. The number of anilines is 1. The van der Waals surface area contributed by atoms with E-state index < -0.39 is 0 Å². The zero-order valence-electron chi connectivity index (χ0n) is 6.10. The maximum atomic E-state index is 8.68. The molecular weight excluding hydrogens is 154 g/mol. The number of nitriles is 1. The summed E-state index contributed by atoms with van der Waals surface area (Å²) in [6, 6.07) is 3.67. The van der Waals surface area contributed by atoms with Crippen LogP contribution >= 0.6 is 0 Å². The lowest BCUT2D eigenvalue weighted by Gasteiger charge is -1.87. The van der Waals surface area contributed by atoms with Gasteiger partial charge >= 0.3 is 0 Å². The summed E-state index contributed by atoms with van der Waals surface area (Å²) < 4.78 is 1.48. The molecule has 0 saturated heterocycles. The summed E-state index contributed by atoms with van der Waals surface area (Å²) in [4.78, 5) is 3.97. The van der Waals surface area contributed by atoms with Crippen molar-refractivity contribution in [1.82, 2.24) is 14.6 Å². The Balaban J connectivity index is 2.93. The first-order chi connectivity index (χ1) is 5.83. The summed E-state index contributed by atoms with van der Waals surface area (Å²) in [7, 11) is 0. The van der Waals surface area contributed by atoms with Crippen LogP contribution in [0, 0.1) is 11.3 Å². The lowest BCUT2D eigenvalue weighted by atomic mass is 10.3. The third kappa shape index (κ3) is 0.720. The highest BCUT2D eigenvalue weighted by Crippen LogP contribution is 2.12. The summed E-state index contributed by atoms with van der Waals surface area (Å²) in [6.07, 6.45) is 3.29. The van der Waals surface area contributed by atoms with Gasteiger partial charge in [-0.2, -0.15) is 5.26 Å². The number of hydrogen-bond acceptors (Lipinski definition) is 4. The van der Waals surface area contributed by atoms with Gasteiger partial charge in [-0.1, -0.05) is 0 Å². The molecule has 0 unspecified atom stereocenters. The second-order valence-electron chi connectivity index (χ2n) is 2.26. The van der Waals surface area contributed by atoms with Gasteiger partial charge in [0.2, 0.25) is 0 Å². The van der Waals surface area contributed by atoms with E-state index in [-0.39, 0.29) is 5.82 Å². The van der Waals surface area contributed by atoms with Gasteiger partial charge in [0.1, 0.15) is 11.6 Å². The van der Waals surface area contributed by atoms with E-state index in [1.165, 1.54) is 4.52 Å². The van der Waals surface area contributed by atoms with Crippen molar-refractivity contribution in [2.24, 2.45) is 0 Å². The zero-order valence-corrected chi connectivity index (χ0v) is 6.10.